The summed E-state index contributed by atoms with van der Waals surface area (Å²) >= 11 is 4.82. The molecule has 0 saturated carbocycles. The quantitative estimate of drug-likeness (QED) is 0.610. The first kappa shape index (κ1) is 8.84. The van der Waals surface area contributed by atoms with Crippen LogP contribution in [-0.4, -0.2) is 5.11 Å². The fourth-order valence-corrected chi connectivity index (χ4v) is 2.73. The fourth-order valence-electron chi connectivity index (χ4n) is 1.29. The zero-order chi connectivity index (χ0) is 9.42. The van der Waals surface area contributed by atoms with Crippen LogP contribution in [-0.2, 0) is 5.33 Å². The number of anilines is 1. The van der Waals surface area contributed by atoms with Crippen LogP contribution in [0.25, 0.3) is 10.1 Å². The van der Waals surface area contributed by atoms with Crippen LogP contribution in [0.1, 0.15) is 5.56 Å². The number of aromatic hydroxyl groups is 1. The second kappa shape index (κ2) is 3.20. The Morgan fingerprint density at radius 2 is 2.31 bits per heavy atom. The number of thiophene rings is 1. The van der Waals surface area contributed by atoms with E-state index >= 15 is 0 Å². The third-order valence-corrected chi connectivity index (χ3v) is 3.49. The average Bonchev–Trinajstić information content (AvgIpc) is 2.53. The van der Waals surface area contributed by atoms with E-state index in [1.54, 1.807) is 0 Å². The molecule has 1 aromatic carbocycles. The van der Waals surface area contributed by atoms with Crippen LogP contribution in [0.2, 0.25) is 0 Å². The molecule has 2 aromatic rings. The number of nitrogen functional groups attached to an aromatic ring is 1. The molecule has 2 rings (SSSR count). The molecule has 0 atom stereocenters. The van der Waals surface area contributed by atoms with E-state index in [0.29, 0.717) is 16.8 Å². The monoisotopic (exact) mass is 257 g/mol. The lowest BCUT2D eigenvalue weighted by atomic mass is 10.1. The first-order chi connectivity index (χ1) is 6.24. The van der Waals surface area contributed by atoms with Gasteiger partial charge < -0.3 is 10.8 Å². The molecule has 3 N–H and O–H groups in total. The number of hydrogen-bond donors (Lipinski definition) is 2. The van der Waals surface area contributed by atoms with Gasteiger partial charge in [0, 0.05) is 16.6 Å². The van der Waals surface area contributed by atoms with Gasteiger partial charge in [-0.1, -0.05) is 15.9 Å². The van der Waals surface area contributed by atoms with E-state index < -0.39 is 0 Å². The zero-order valence-corrected chi connectivity index (χ0v) is 9.15. The Balaban J connectivity index is 2.85. The van der Waals surface area contributed by atoms with Crippen LogP contribution in [0, 0.1) is 0 Å². The summed E-state index contributed by atoms with van der Waals surface area (Å²) in [7, 11) is 0. The van der Waals surface area contributed by atoms with Gasteiger partial charge in [0.15, 0.2) is 0 Å². The van der Waals surface area contributed by atoms with E-state index in [9.17, 15) is 5.11 Å². The van der Waals surface area contributed by atoms with Crippen LogP contribution >= 0.6 is 27.3 Å². The normalized spacial score (nSPS) is 10.8. The molecule has 68 valence electrons. The van der Waals surface area contributed by atoms with Gasteiger partial charge in [-0.2, -0.15) is 0 Å². The van der Waals surface area contributed by atoms with Crippen molar-refractivity contribution in [1.29, 1.82) is 0 Å². The number of phenols is 1. The van der Waals surface area contributed by atoms with Crippen molar-refractivity contribution >= 4 is 43.0 Å². The van der Waals surface area contributed by atoms with E-state index in [1.807, 2.05) is 17.5 Å². The van der Waals surface area contributed by atoms with E-state index in [2.05, 4.69) is 15.9 Å². The Bertz CT molecular complexity index is 452. The van der Waals surface area contributed by atoms with E-state index in [0.717, 1.165) is 15.6 Å². The molecular weight excluding hydrogens is 250 g/mol. The molecule has 13 heavy (non-hydrogen) atoms. The van der Waals surface area contributed by atoms with Crippen molar-refractivity contribution in [3.8, 4) is 5.75 Å². The molecule has 2 nitrogen and oxygen atoms in total. The molecule has 0 fully saturated rings. The maximum absolute atomic E-state index is 9.82. The highest BCUT2D eigenvalue weighted by Crippen LogP contribution is 2.37. The molecule has 1 heterocycles. The summed E-state index contributed by atoms with van der Waals surface area (Å²) in [4.78, 5) is 0. The minimum absolute atomic E-state index is 0.307. The van der Waals surface area contributed by atoms with Crippen molar-refractivity contribution in [3.05, 3.63) is 23.1 Å². The fraction of sp³-hybridized carbons (Fsp3) is 0.111. The molecule has 0 aliphatic carbocycles. The van der Waals surface area contributed by atoms with Crippen molar-refractivity contribution in [2.75, 3.05) is 5.73 Å². The molecule has 0 aliphatic rings. The summed E-state index contributed by atoms with van der Waals surface area (Å²) in [5, 5.41) is 13.4. The Hall–Kier alpha value is -0.740. The predicted octanol–water partition coefficient (Wildman–Crippen LogP) is 3.08. The van der Waals surface area contributed by atoms with Gasteiger partial charge in [0.1, 0.15) is 5.75 Å². The summed E-state index contributed by atoms with van der Waals surface area (Å²) in [5.74, 6) is 0.307. The number of fused-ring (bicyclic) bond motifs is 1. The molecule has 0 spiro atoms. The number of phenolic OH excluding ortho intramolecular Hbond substituents is 1. The maximum atomic E-state index is 9.82. The summed E-state index contributed by atoms with van der Waals surface area (Å²) in [6.07, 6.45) is 0. The average molecular weight is 258 g/mol. The van der Waals surface area contributed by atoms with Gasteiger partial charge in [-0.15, -0.1) is 11.3 Å². The van der Waals surface area contributed by atoms with Crippen molar-refractivity contribution in [3.63, 3.8) is 0 Å². The first-order valence-corrected chi connectivity index (χ1v) is 5.77. The van der Waals surface area contributed by atoms with Gasteiger partial charge in [-0.05, 0) is 22.9 Å². The maximum Gasteiger partial charge on any atom is 0.139 e. The van der Waals surface area contributed by atoms with Gasteiger partial charge in [-0.25, -0.2) is 0 Å². The van der Waals surface area contributed by atoms with Crippen molar-refractivity contribution in [1.82, 2.24) is 0 Å². The van der Waals surface area contributed by atoms with Gasteiger partial charge in [-0.3, -0.25) is 0 Å². The highest BCUT2D eigenvalue weighted by molar-refractivity contribution is 9.08. The molecule has 4 heteroatoms. The zero-order valence-electron chi connectivity index (χ0n) is 6.75. The summed E-state index contributed by atoms with van der Waals surface area (Å²) < 4.78 is 0.906. The largest absolute Gasteiger partial charge is 0.506 e. The van der Waals surface area contributed by atoms with Crippen LogP contribution in [0.5, 0.6) is 5.75 Å². The number of nitrogens with two attached hydrogens (primary N) is 1. The Kier molecular flexibility index (Phi) is 2.17. The molecule has 0 aliphatic heterocycles. The van der Waals surface area contributed by atoms with E-state index in [4.69, 9.17) is 5.73 Å². The predicted molar refractivity (Wildman–Crippen MR) is 60.5 cm³/mol. The van der Waals surface area contributed by atoms with Crippen LogP contribution < -0.4 is 5.73 Å². The highest BCUT2D eigenvalue weighted by Gasteiger charge is 2.10. The van der Waals surface area contributed by atoms with Crippen LogP contribution in [0.4, 0.5) is 5.69 Å². The number of halogens is 1. The minimum atomic E-state index is 0.307. The molecule has 0 unspecified atom stereocenters. The smallest absolute Gasteiger partial charge is 0.139 e. The molecule has 0 radical (unpaired) electrons. The summed E-state index contributed by atoms with van der Waals surface area (Å²) in [6.45, 7) is 0. The summed E-state index contributed by atoms with van der Waals surface area (Å²) in [6, 6.07) is 3.84. The molecule has 0 saturated heterocycles. The van der Waals surface area contributed by atoms with E-state index in [1.165, 1.54) is 11.3 Å². The third kappa shape index (κ3) is 1.30. The number of benzene rings is 1. The molecule has 1 aromatic heterocycles. The van der Waals surface area contributed by atoms with Gasteiger partial charge >= 0.3 is 0 Å². The van der Waals surface area contributed by atoms with Gasteiger partial charge in [0.2, 0.25) is 0 Å². The second-order valence-corrected chi connectivity index (χ2v) is 4.24. The van der Waals surface area contributed by atoms with Crippen molar-refractivity contribution in [2.45, 2.75) is 5.33 Å². The molecule has 0 amide bonds. The molecule has 0 bridgehead atoms. The Labute approximate surface area is 88.1 Å². The summed E-state index contributed by atoms with van der Waals surface area (Å²) in [5.41, 5.74) is 7.18. The number of hydrogen-bond acceptors (Lipinski definition) is 3. The van der Waals surface area contributed by atoms with Crippen LogP contribution in [0.15, 0.2) is 17.5 Å². The van der Waals surface area contributed by atoms with Gasteiger partial charge in [0.25, 0.3) is 0 Å². The van der Waals surface area contributed by atoms with Crippen molar-refractivity contribution < 1.29 is 5.11 Å². The Morgan fingerprint density at radius 3 is 3.00 bits per heavy atom. The second-order valence-electron chi connectivity index (χ2n) is 2.77. The standard InChI is InChI=1S/C9H8BrNOS/c10-4-6-7(11)3-5-1-2-13-9(5)8(6)12/h1-3,12H,4,11H2. The topological polar surface area (TPSA) is 46.2 Å². The minimum Gasteiger partial charge on any atom is -0.506 e. The highest BCUT2D eigenvalue weighted by atomic mass is 79.9. The number of rotatable bonds is 1. The lowest BCUT2D eigenvalue weighted by molar-refractivity contribution is 0.478. The van der Waals surface area contributed by atoms with E-state index in [-0.39, 0.29) is 0 Å². The Morgan fingerprint density at radius 1 is 1.54 bits per heavy atom. The molecular formula is C9H8BrNOS. The lowest BCUT2D eigenvalue weighted by Gasteiger charge is -2.05. The SMILES string of the molecule is Nc1cc2ccsc2c(O)c1CBr. The first-order valence-electron chi connectivity index (χ1n) is 3.77. The van der Waals surface area contributed by atoms with Gasteiger partial charge in [0.05, 0.1) is 4.70 Å². The van der Waals surface area contributed by atoms with Crippen LogP contribution in [0.3, 0.4) is 0 Å². The van der Waals surface area contributed by atoms with Crippen molar-refractivity contribution in [2.24, 2.45) is 0 Å². The third-order valence-electron chi connectivity index (χ3n) is 1.99. The number of alkyl halides is 1. The lowest BCUT2D eigenvalue weighted by Crippen LogP contribution is -1.91.